The normalized spacial score (nSPS) is 11.1. The van der Waals surface area contributed by atoms with Gasteiger partial charge in [-0.2, -0.15) is 0 Å². The maximum atomic E-state index is 12.9. The van der Waals surface area contributed by atoms with Crippen LogP contribution in [0.3, 0.4) is 0 Å². The standard InChI is InChI=1S/C26H28N4O4/c1-16(2)27-12-13-34-21-11-10-19(28-24(21)17-8-6-5-7-9-17)25-29-20-14-18(32-3)15-22(33-4)23(20)26(31)30-25/h5-11,14-16,27H,12-13H2,1-4H3,(H,29,30,31). The third-order valence-electron chi connectivity index (χ3n) is 5.26. The fourth-order valence-electron chi connectivity index (χ4n) is 3.62. The number of fused-ring (bicyclic) bond motifs is 1. The van der Waals surface area contributed by atoms with Gasteiger partial charge < -0.3 is 24.5 Å². The largest absolute Gasteiger partial charge is 0.497 e. The van der Waals surface area contributed by atoms with Crippen molar-refractivity contribution in [2.24, 2.45) is 0 Å². The Morgan fingerprint density at radius 3 is 2.47 bits per heavy atom. The Morgan fingerprint density at radius 2 is 1.76 bits per heavy atom. The van der Waals surface area contributed by atoms with Crippen LogP contribution in [0.5, 0.6) is 17.2 Å². The van der Waals surface area contributed by atoms with E-state index >= 15 is 0 Å². The molecule has 0 fully saturated rings. The molecule has 0 atom stereocenters. The summed E-state index contributed by atoms with van der Waals surface area (Å²) < 4.78 is 16.7. The van der Waals surface area contributed by atoms with E-state index in [1.165, 1.54) is 7.11 Å². The van der Waals surface area contributed by atoms with Crippen molar-refractivity contribution in [1.29, 1.82) is 0 Å². The maximum Gasteiger partial charge on any atom is 0.262 e. The van der Waals surface area contributed by atoms with Crippen LogP contribution in [-0.2, 0) is 0 Å². The predicted octanol–water partition coefficient (Wildman–Crippen LogP) is 4.05. The molecule has 0 radical (unpaired) electrons. The number of nitrogens with one attached hydrogen (secondary N) is 2. The summed E-state index contributed by atoms with van der Waals surface area (Å²) in [6.07, 6.45) is 0. The van der Waals surface area contributed by atoms with Crippen LogP contribution in [0.1, 0.15) is 13.8 Å². The molecule has 0 saturated heterocycles. The summed E-state index contributed by atoms with van der Waals surface area (Å²) in [4.78, 5) is 25.2. The lowest BCUT2D eigenvalue weighted by Gasteiger charge is -2.14. The number of nitrogens with zero attached hydrogens (tertiary/aromatic N) is 2. The first kappa shape index (κ1) is 23.3. The number of ether oxygens (including phenoxy) is 3. The summed E-state index contributed by atoms with van der Waals surface area (Å²) in [7, 11) is 3.06. The SMILES string of the molecule is COc1cc(OC)c2c(=O)[nH]c(-c3ccc(OCCNC(C)C)c(-c4ccccc4)n3)nc2c1. The average Bonchev–Trinajstić information content (AvgIpc) is 2.86. The Morgan fingerprint density at radius 1 is 0.971 bits per heavy atom. The molecular formula is C26H28N4O4. The van der Waals surface area contributed by atoms with Gasteiger partial charge in [0.2, 0.25) is 0 Å². The highest BCUT2D eigenvalue weighted by atomic mass is 16.5. The van der Waals surface area contributed by atoms with E-state index in [1.54, 1.807) is 25.3 Å². The molecule has 34 heavy (non-hydrogen) atoms. The molecule has 4 aromatic rings. The molecule has 0 saturated carbocycles. The molecule has 0 aliphatic rings. The summed E-state index contributed by atoms with van der Waals surface area (Å²) in [6, 6.07) is 17.2. The van der Waals surface area contributed by atoms with E-state index in [2.05, 4.69) is 29.1 Å². The van der Waals surface area contributed by atoms with Crippen molar-refractivity contribution in [3.05, 3.63) is 65.0 Å². The number of rotatable bonds is 9. The maximum absolute atomic E-state index is 12.9. The van der Waals surface area contributed by atoms with Crippen LogP contribution in [0.25, 0.3) is 33.7 Å². The highest BCUT2D eigenvalue weighted by Gasteiger charge is 2.16. The molecule has 176 valence electrons. The van der Waals surface area contributed by atoms with Crippen LogP contribution in [0, 0.1) is 0 Å². The topological polar surface area (TPSA) is 98.4 Å². The van der Waals surface area contributed by atoms with Crippen molar-refractivity contribution in [3.63, 3.8) is 0 Å². The van der Waals surface area contributed by atoms with Gasteiger partial charge in [-0.25, -0.2) is 9.97 Å². The monoisotopic (exact) mass is 460 g/mol. The lowest BCUT2D eigenvalue weighted by atomic mass is 10.1. The molecule has 0 amide bonds. The van der Waals surface area contributed by atoms with Crippen LogP contribution in [0.4, 0.5) is 0 Å². The van der Waals surface area contributed by atoms with Gasteiger partial charge in [-0.1, -0.05) is 44.2 Å². The van der Waals surface area contributed by atoms with Crippen molar-refractivity contribution in [1.82, 2.24) is 20.3 Å². The minimum absolute atomic E-state index is 0.317. The van der Waals surface area contributed by atoms with Gasteiger partial charge in [-0.05, 0) is 12.1 Å². The van der Waals surface area contributed by atoms with Crippen molar-refractivity contribution < 1.29 is 14.2 Å². The zero-order valence-corrected chi connectivity index (χ0v) is 19.7. The Balaban J connectivity index is 1.78. The summed E-state index contributed by atoms with van der Waals surface area (Å²) in [5.41, 5.74) is 2.24. The molecule has 0 aliphatic heterocycles. The molecule has 2 aromatic carbocycles. The van der Waals surface area contributed by atoms with E-state index in [9.17, 15) is 4.79 Å². The number of H-pyrrole nitrogens is 1. The van der Waals surface area contributed by atoms with Gasteiger partial charge in [0.25, 0.3) is 5.56 Å². The smallest absolute Gasteiger partial charge is 0.262 e. The van der Waals surface area contributed by atoms with E-state index in [0.29, 0.717) is 58.0 Å². The second-order valence-electron chi connectivity index (χ2n) is 8.00. The number of pyridine rings is 1. The first-order valence-electron chi connectivity index (χ1n) is 11.1. The number of aromatic amines is 1. The van der Waals surface area contributed by atoms with Crippen molar-refractivity contribution in [2.45, 2.75) is 19.9 Å². The number of hydrogen-bond acceptors (Lipinski definition) is 7. The van der Waals surface area contributed by atoms with Crippen LogP contribution >= 0.6 is 0 Å². The molecule has 0 unspecified atom stereocenters. The highest BCUT2D eigenvalue weighted by Crippen LogP contribution is 2.32. The molecule has 2 aromatic heterocycles. The van der Waals surface area contributed by atoms with Gasteiger partial charge in [0.05, 0.1) is 19.7 Å². The van der Waals surface area contributed by atoms with Gasteiger partial charge in [-0.3, -0.25) is 4.79 Å². The zero-order valence-electron chi connectivity index (χ0n) is 19.7. The minimum Gasteiger partial charge on any atom is -0.497 e. The van der Waals surface area contributed by atoms with Crippen LogP contribution in [0.15, 0.2) is 59.4 Å². The molecule has 4 rings (SSSR count). The summed E-state index contributed by atoms with van der Waals surface area (Å²) in [5, 5.41) is 3.69. The lowest BCUT2D eigenvalue weighted by Crippen LogP contribution is -2.27. The number of hydrogen-bond donors (Lipinski definition) is 2. The zero-order chi connectivity index (χ0) is 24.1. The quantitative estimate of drug-likeness (QED) is 0.364. The highest BCUT2D eigenvalue weighted by molar-refractivity contribution is 5.87. The molecule has 8 heteroatoms. The van der Waals surface area contributed by atoms with Crippen molar-refractivity contribution in [2.75, 3.05) is 27.4 Å². The average molecular weight is 461 g/mol. The van der Waals surface area contributed by atoms with Crippen molar-refractivity contribution >= 4 is 10.9 Å². The molecular weight excluding hydrogens is 432 g/mol. The minimum atomic E-state index is -0.317. The van der Waals surface area contributed by atoms with Crippen LogP contribution in [0.2, 0.25) is 0 Å². The number of methoxy groups -OCH3 is 2. The summed E-state index contributed by atoms with van der Waals surface area (Å²) in [5.74, 6) is 1.95. The Hall–Kier alpha value is -3.91. The Bertz CT molecular complexity index is 1340. The molecule has 2 heterocycles. The Kier molecular flexibility index (Phi) is 7.08. The van der Waals surface area contributed by atoms with Gasteiger partial charge in [-0.15, -0.1) is 0 Å². The molecule has 0 aliphatic carbocycles. The van der Waals surface area contributed by atoms with E-state index in [4.69, 9.17) is 19.2 Å². The third-order valence-corrected chi connectivity index (χ3v) is 5.26. The van der Waals surface area contributed by atoms with E-state index in [-0.39, 0.29) is 5.56 Å². The second kappa shape index (κ2) is 10.4. The second-order valence-corrected chi connectivity index (χ2v) is 8.00. The molecule has 8 nitrogen and oxygen atoms in total. The lowest BCUT2D eigenvalue weighted by molar-refractivity contribution is 0.309. The van der Waals surface area contributed by atoms with Crippen LogP contribution < -0.4 is 25.1 Å². The number of aromatic nitrogens is 3. The molecule has 0 bridgehead atoms. The van der Waals surface area contributed by atoms with E-state index in [1.807, 2.05) is 36.4 Å². The van der Waals surface area contributed by atoms with Gasteiger partial charge in [0, 0.05) is 30.3 Å². The third kappa shape index (κ3) is 5.02. The van der Waals surface area contributed by atoms with Crippen molar-refractivity contribution in [3.8, 4) is 40.0 Å². The fourth-order valence-corrected chi connectivity index (χ4v) is 3.62. The summed E-state index contributed by atoms with van der Waals surface area (Å²) in [6.45, 7) is 5.41. The predicted molar refractivity (Wildman–Crippen MR) is 133 cm³/mol. The van der Waals surface area contributed by atoms with Crippen LogP contribution in [-0.4, -0.2) is 48.4 Å². The fraction of sp³-hybridized carbons (Fsp3) is 0.269. The first-order valence-corrected chi connectivity index (χ1v) is 11.1. The van der Waals surface area contributed by atoms with Gasteiger partial charge in [0.15, 0.2) is 5.82 Å². The molecule has 0 spiro atoms. The van der Waals surface area contributed by atoms with E-state index in [0.717, 1.165) is 12.1 Å². The molecule has 2 N–H and O–H groups in total. The number of benzene rings is 2. The summed E-state index contributed by atoms with van der Waals surface area (Å²) >= 11 is 0. The first-order chi connectivity index (χ1) is 16.5. The van der Waals surface area contributed by atoms with Gasteiger partial charge in [0.1, 0.15) is 40.6 Å². The van der Waals surface area contributed by atoms with Gasteiger partial charge >= 0.3 is 0 Å². The Labute approximate surface area is 197 Å². The van der Waals surface area contributed by atoms with E-state index < -0.39 is 0 Å².